The van der Waals surface area contributed by atoms with E-state index in [4.69, 9.17) is 19.3 Å². The van der Waals surface area contributed by atoms with Crippen molar-refractivity contribution in [2.45, 2.75) is 57.7 Å². The van der Waals surface area contributed by atoms with E-state index in [9.17, 15) is 5.11 Å². The maximum Gasteiger partial charge on any atom is 0.183 e. The molecule has 1 fully saturated rings. The Morgan fingerprint density at radius 1 is 1.17 bits per heavy atom. The number of aromatic nitrogens is 4. The normalized spacial score (nSPS) is 16.4. The summed E-state index contributed by atoms with van der Waals surface area (Å²) in [7, 11) is 3.40. The van der Waals surface area contributed by atoms with Crippen molar-refractivity contribution >= 4 is 10.9 Å². The minimum Gasteiger partial charge on any atom is -0.490 e. The van der Waals surface area contributed by atoms with Crippen molar-refractivity contribution in [1.29, 1.82) is 0 Å². The molecule has 8 nitrogen and oxygen atoms in total. The van der Waals surface area contributed by atoms with Gasteiger partial charge >= 0.3 is 0 Å². The Balaban J connectivity index is 1.57. The molecule has 4 aromatic rings. The molecule has 0 spiro atoms. The van der Waals surface area contributed by atoms with E-state index in [-0.39, 0.29) is 6.61 Å². The van der Waals surface area contributed by atoms with Crippen LogP contribution in [0.15, 0.2) is 54.7 Å². The third-order valence-corrected chi connectivity index (χ3v) is 6.68. The van der Waals surface area contributed by atoms with E-state index in [0.717, 1.165) is 52.1 Å². The van der Waals surface area contributed by atoms with Crippen LogP contribution < -0.4 is 4.74 Å². The first-order chi connectivity index (χ1) is 16.9. The first-order valence-corrected chi connectivity index (χ1v) is 12.0. The van der Waals surface area contributed by atoms with Crippen molar-refractivity contribution < 1.29 is 19.3 Å². The summed E-state index contributed by atoms with van der Waals surface area (Å²) in [6.07, 6.45) is 3.94. The van der Waals surface area contributed by atoms with E-state index in [1.165, 1.54) is 7.11 Å². The lowest BCUT2D eigenvalue weighted by molar-refractivity contribution is -0.220. The predicted octanol–water partition coefficient (Wildman–Crippen LogP) is 4.62. The van der Waals surface area contributed by atoms with Crippen molar-refractivity contribution in [2.24, 2.45) is 7.05 Å². The van der Waals surface area contributed by atoms with Crippen molar-refractivity contribution in [3.8, 4) is 22.7 Å². The van der Waals surface area contributed by atoms with Gasteiger partial charge in [0, 0.05) is 25.1 Å². The Morgan fingerprint density at radius 2 is 1.97 bits per heavy atom. The number of nitrogens with zero attached hydrogens (tertiary/aromatic N) is 4. The van der Waals surface area contributed by atoms with Crippen LogP contribution in [0.4, 0.5) is 0 Å². The first-order valence-electron chi connectivity index (χ1n) is 12.0. The number of benzene rings is 2. The Labute approximate surface area is 205 Å². The second-order valence-corrected chi connectivity index (χ2v) is 9.30. The zero-order valence-electron chi connectivity index (χ0n) is 20.6. The van der Waals surface area contributed by atoms with Gasteiger partial charge in [0.25, 0.3) is 0 Å². The molecule has 0 saturated heterocycles. The Kier molecular flexibility index (Phi) is 6.35. The molecule has 184 valence electrons. The number of aryl methyl sites for hydroxylation is 1. The molecule has 2 atom stereocenters. The molecule has 5 rings (SSSR count). The Morgan fingerprint density at radius 3 is 2.71 bits per heavy atom. The highest BCUT2D eigenvalue weighted by Gasteiger charge is 2.33. The van der Waals surface area contributed by atoms with Crippen LogP contribution in [0.2, 0.25) is 0 Å². The summed E-state index contributed by atoms with van der Waals surface area (Å²) in [5, 5.41) is 20.7. The molecule has 35 heavy (non-hydrogen) atoms. The third kappa shape index (κ3) is 4.69. The minimum atomic E-state index is -1.03. The van der Waals surface area contributed by atoms with Crippen LogP contribution in [-0.2, 0) is 23.1 Å². The first kappa shape index (κ1) is 23.5. The number of hydrogen-bond donors (Lipinski definition) is 1. The highest BCUT2D eigenvalue weighted by atomic mass is 16.6. The molecule has 2 aromatic carbocycles. The van der Waals surface area contributed by atoms with Gasteiger partial charge < -0.3 is 19.3 Å². The molecule has 0 radical (unpaired) electrons. The molecule has 1 saturated carbocycles. The number of aliphatic hydroxyl groups excluding tert-OH is 1. The number of rotatable bonds is 10. The lowest BCUT2D eigenvalue weighted by Crippen LogP contribution is -2.42. The van der Waals surface area contributed by atoms with Crippen LogP contribution in [-0.4, -0.2) is 49.8 Å². The molecule has 0 aliphatic heterocycles. The fourth-order valence-electron chi connectivity index (χ4n) is 4.22. The smallest absolute Gasteiger partial charge is 0.183 e. The molecule has 2 aromatic heterocycles. The summed E-state index contributed by atoms with van der Waals surface area (Å²) >= 11 is 0. The number of hydrogen-bond acceptors (Lipinski definition) is 6. The van der Waals surface area contributed by atoms with Gasteiger partial charge in [-0.25, -0.2) is 4.68 Å². The highest BCUT2D eigenvalue weighted by molar-refractivity contribution is 5.87. The number of fused-ring (bicyclic) bond motifs is 1. The summed E-state index contributed by atoms with van der Waals surface area (Å²) in [5.41, 5.74) is 3.73. The van der Waals surface area contributed by atoms with Crippen molar-refractivity contribution in [3.05, 3.63) is 60.4 Å². The summed E-state index contributed by atoms with van der Waals surface area (Å²) in [6.45, 7) is 4.03. The third-order valence-electron chi connectivity index (χ3n) is 6.68. The molecule has 8 heteroatoms. The maximum absolute atomic E-state index is 10.3. The Hall–Kier alpha value is -3.20. The topological polar surface area (TPSA) is 83.6 Å². The highest BCUT2D eigenvalue weighted by Crippen LogP contribution is 2.33. The second kappa shape index (κ2) is 9.45. The van der Waals surface area contributed by atoms with E-state index in [0.29, 0.717) is 12.5 Å². The maximum atomic E-state index is 10.3. The van der Waals surface area contributed by atoms with Gasteiger partial charge in [0.1, 0.15) is 11.4 Å². The standard InChI is InChI=1S/C27H32N4O4/c1-5-27(2,26(32)33-4)34-17-20-15-24(18-8-6-10-22(14-18)35-21-12-13-21)31(29-20)23-11-7-9-19-16-28-30(3)25(19)23/h6-11,14-16,21,26,32H,5,12-13,17H2,1-4H3. The van der Waals surface area contributed by atoms with E-state index >= 15 is 0 Å². The van der Waals surface area contributed by atoms with Crippen molar-refractivity contribution in [1.82, 2.24) is 19.6 Å². The van der Waals surface area contributed by atoms with Crippen molar-refractivity contribution in [2.75, 3.05) is 7.11 Å². The molecule has 1 aliphatic carbocycles. The van der Waals surface area contributed by atoms with E-state index in [1.54, 1.807) is 0 Å². The van der Waals surface area contributed by atoms with Crippen LogP contribution in [0.3, 0.4) is 0 Å². The monoisotopic (exact) mass is 476 g/mol. The van der Waals surface area contributed by atoms with Gasteiger partial charge in [-0.2, -0.15) is 10.2 Å². The van der Waals surface area contributed by atoms with Gasteiger partial charge in [-0.15, -0.1) is 0 Å². The molecular weight excluding hydrogens is 444 g/mol. The molecule has 1 N–H and O–H groups in total. The average Bonchev–Trinajstić information content (AvgIpc) is 3.46. The van der Waals surface area contributed by atoms with Gasteiger partial charge in [0.15, 0.2) is 6.29 Å². The zero-order chi connectivity index (χ0) is 24.6. The van der Waals surface area contributed by atoms with E-state index in [1.807, 2.05) is 72.9 Å². The molecule has 0 amide bonds. The predicted molar refractivity (Wildman–Crippen MR) is 133 cm³/mol. The largest absolute Gasteiger partial charge is 0.490 e. The van der Waals surface area contributed by atoms with Crippen LogP contribution in [0.1, 0.15) is 38.8 Å². The lowest BCUT2D eigenvalue weighted by Gasteiger charge is -2.32. The van der Waals surface area contributed by atoms with Gasteiger partial charge in [-0.1, -0.05) is 31.2 Å². The quantitative estimate of drug-likeness (QED) is 0.336. The molecule has 1 aliphatic rings. The zero-order valence-corrected chi connectivity index (χ0v) is 20.6. The van der Waals surface area contributed by atoms with Gasteiger partial charge in [-0.3, -0.25) is 4.68 Å². The Bertz CT molecular complexity index is 1330. The van der Waals surface area contributed by atoms with Gasteiger partial charge in [-0.05, 0) is 50.5 Å². The van der Waals surface area contributed by atoms with E-state index < -0.39 is 11.9 Å². The van der Waals surface area contributed by atoms with Gasteiger partial charge in [0.05, 0.1) is 41.5 Å². The fourth-order valence-corrected chi connectivity index (χ4v) is 4.22. The molecule has 0 bridgehead atoms. The molecular formula is C27H32N4O4. The summed E-state index contributed by atoms with van der Waals surface area (Å²) in [4.78, 5) is 0. The SMILES string of the molecule is CCC(C)(OCc1cc(-c2cccc(OC3CC3)c2)n(-c2cccc3cnn(C)c23)n1)C(O)OC. The van der Waals surface area contributed by atoms with Crippen molar-refractivity contribution in [3.63, 3.8) is 0 Å². The van der Waals surface area contributed by atoms with Crippen LogP contribution in [0.5, 0.6) is 5.75 Å². The summed E-state index contributed by atoms with van der Waals surface area (Å²) < 4.78 is 21.1. The molecule has 2 unspecified atom stereocenters. The summed E-state index contributed by atoms with van der Waals surface area (Å²) in [6, 6.07) is 16.2. The number of aliphatic hydroxyl groups is 1. The number of methoxy groups -OCH3 is 1. The number of para-hydroxylation sites is 1. The molecule has 2 heterocycles. The number of ether oxygens (including phenoxy) is 3. The van der Waals surface area contributed by atoms with Crippen LogP contribution in [0.25, 0.3) is 27.8 Å². The van der Waals surface area contributed by atoms with E-state index in [2.05, 4.69) is 17.2 Å². The van der Waals surface area contributed by atoms with Crippen LogP contribution in [0, 0.1) is 0 Å². The second-order valence-electron chi connectivity index (χ2n) is 9.30. The lowest BCUT2D eigenvalue weighted by atomic mass is 10.0. The van der Waals surface area contributed by atoms with Gasteiger partial charge in [0.2, 0.25) is 0 Å². The fraction of sp³-hybridized carbons (Fsp3) is 0.407. The average molecular weight is 477 g/mol. The summed E-state index contributed by atoms with van der Waals surface area (Å²) in [5.74, 6) is 0.857. The minimum absolute atomic E-state index is 0.227. The van der Waals surface area contributed by atoms with Crippen LogP contribution >= 0.6 is 0 Å².